The van der Waals surface area contributed by atoms with Gasteiger partial charge >= 0.3 is 0 Å². The highest BCUT2D eigenvalue weighted by Gasteiger charge is 2.24. The topological polar surface area (TPSA) is 168 Å². The third kappa shape index (κ3) is 4.28. The molecule has 4 rings (SSSR count). The van der Waals surface area contributed by atoms with E-state index in [2.05, 4.69) is 46.0 Å². The van der Waals surface area contributed by atoms with Crippen molar-refractivity contribution in [1.82, 2.24) is 45.5 Å². The molecule has 0 saturated heterocycles. The van der Waals surface area contributed by atoms with Gasteiger partial charge in [0, 0.05) is 12.8 Å². The molecule has 0 aliphatic heterocycles. The van der Waals surface area contributed by atoms with E-state index in [1.165, 1.54) is 16.4 Å². The van der Waals surface area contributed by atoms with Crippen LogP contribution in [-0.4, -0.2) is 51.7 Å². The lowest BCUT2D eigenvalue weighted by Gasteiger charge is -2.06. The molecule has 4 aromatic rings. The third-order valence-corrected chi connectivity index (χ3v) is 5.24. The molecule has 1 aromatic carbocycles. The molecule has 0 aliphatic carbocycles. The minimum absolute atomic E-state index is 0.0136. The number of nitrogens with zero attached hydrogens (tertiary/aromatic N) is 9. The highest BCUT2D eigenvalue weighted by molar-refractivity contribution is 7.98. The zero-order valence-electron chi connectivity index (χ0n) is 16.5. The van der Waals surface area contributed by atoms with Gasteiger partial charge in [0.25, 0.3) is 5.91 Å². The summed E-state index contributed by atoms with van der Waals surface area (Å²) in [5.41, 5.74) is 10.3. The SMILES string of the molecule is C/C(=N\NC(=O)c1nnn(-c2nonc2N)c1CSc1nncn1C)c1ccccc1. The zero-order chi connectivity index (χ0) is 21.8. The van der Waals surface area contributed by atoms with Crippen molar-refractivity contribution in [3.05, 3.63) is 53.6 Å². The number of hydrogen-bond acceptors (Lipinski definition) is 11. The van der Waals surface area contributed by atoms with Crippen molar-refractivity contribution in [2.75, 3.05) is 5.73 Å². The standard InChI is InChI=1S/C17H17N11O2S/c1-10(11-6-4-3-5-7-11)20-22-16(29)13-12(8-31-17-23-19-9-27(17)2)28(26-21-13)15-14(18)24-30-25-15/h3-7,9H,8H2,1-2H3,(H2,18,24)(H,22,29)/b20-10+. The van der Waals surface area contributed by atoms with E-state index in [-0.39, 0.29) is 23.1 Å². The number of hydrazone groups is 1. The van der Waals surface area contributed by atoms with Gasteiger partial charge in [-0.15, -0.1) is 15.3 Å². The molecule has 0 bridgehead atoms. The summed E-state index contributed by atoms with van der Waals surface area (Å²) >= 11 is 1.33. The minimum Gasteiger partial charge on any atom is -0.378 e. The first-order chi connectivity index (χ1) is 15.0. The number of amides is 1. The lowest BCUT2D eigenvalue weighted by molar-refractivity contribution is 0.0949. The number of anilines is 1. The van der Waals surface area contributed by atoms with Crippen LogP contribution in [0.1, 0.15) is 28.7 Å². The van der Waals surface area contributed by atoms with Gasteiger partial charge < -0.3 is 10.3 Å². The molecule has 31 heavy (non-hydrogen) atoms. The summed E-state index contributed by atoms with van der Waals surface area (Å²) in [5, 5.41) is 28.0. The maximum atomic E-state index is 12.8. The van der Waals surface area contributed by atoms with Crippen LogP contribution < -0.4 is 11.2 Å². The molecule has 0 unspecified atom stereocenters. The molecule has 0 spiro atoms. The molecule has 3 N–H and O–H groups in total. The van der Waals surface area contributed by atoms with Gasteiger partial charge in [-0.3, -0.25) is 4.79 Å². The van der Waals surface area contributed by atoms with Crippen LogP contribution in [0.4, 0.5) is 5.82 Å². The average Bonchev–Trinajstić information content (AvgIpc) is 3.50. The second-order valence-electron chi connectivity index (χ2n) is 6.29. The van der Waals surface area contributed by atoms with Crippen molar-refractivity contribution in [2.45, 2.75) is 17.8 Å². The molecule has 0 atom stereocenters. The van der Waals surface area contributed by atoms with Crippen molar-refractivity contribution in [1.29, 1.82) is 0 Å². The van der Waals surface area contributed by atoms with E-state index in [1.54, 1.807) is 17.8 Å². The van der Waals surface area contributed by atoms with Gasteiger partial charge in [0.15, 0.2) is 10.9 Å². The summed E-state index contributed by atoms with van der Waals surface area (Å²) in [5.74, 6) is -0.121. The number of nitrogens with two attached hydrogens (primary N) is 1. The Hall–Kier alpha value is -4.07. The van der Waals surface area contributed by atoms with Crippen LogP contribution in [0.15, 0.2) is 51.5 Å². The first kappa shape index (κ1) is 20.2. The predicted octanol–water partition coefficient (Wildman–Crippen LogP) is 0.807. The first-order valence-corrected chi connectivity index (χ1v) is 9.93. The molecule has 1 amide bonds. The largest absolute Gasteiger partial charge is 0.378 e. The quantitative estimate of drug-likeness (QED) is 0.239. The highest BCUT2D eigenvalue weighted by atomic mass is 32.2. The van der Waals surface area contributed by atoms with E-state index in [1.807, 2.05) is 37.4 Å². The summed E-state index contributed by atoms with van der Waals surface area (Å²) < 4.78 is 7.70. The van der Waals surface area contributed by atoms with E-state index in [4.69, 9.17) is 5.73 Å². The van der Waals surface area contributed by atoms with Crippen molar-refractivity contribution < 1.29 is 9.42 Å². The van der Waals surface area contributed by atoms with Crippen molar-refractivity contribution in [2.24, 2.45) is 12.1 Å². The summed E-state index contributed by atoms with van der Waals surface area (Å²) in [6, 6.07) is 9.47. The Balaban J connectivity index is 1.62. The van der Waals surface area contributed by atoms with E-state index in [9.17, 15) is 4.79 Å². The second kappa shape index (κ2) is 8.74. The maximum Gasteiger partial charge on any atom is 0.293 e. The number of nitrogens with one attached hydrogen (secondary N) is 1. The number of benzene rings is 1. The van der Waals surface area contributed by atoms with Crippen LogP contribution in [-0.2, 0) is 12.8 Å². The van der Waals surface area contributed by atoms with Crippen molar-refractivity contribution in [3.8, 4) is 5.82 Å². The van der Waals surface area contributed by atoms with Crippen molar-refractivity contribution in [3.63, 3.8) is 0 Å². The Bertz CT molecular complexity index is 1230. The van der Waals surface area contributed by atoms with Crippen LogP contribution in [0.5, 0.6) is 0 Å². The normalized spacial score (nSPS) is 11.6. The smallest absolute Gasteiger partial charge is 0.293 e. The number of aromatic nitrogens is 8. The Morgan fingerprint density at radius 1 is 1.26 bits per heavy atom. The summed E-state index contributed by atoms with van der Waals surface area (Å²) in [7, 11) is 1.81. The summed E-state index contributed by atoms with van der Waals surface area (Å²) in [6.07, 6.45) is 1.58. The lowest BCUT2D eigenvalue weighted by Crippen LogP contribution is -2.21. The fourth-order valence-electron chi connectivity index (χ4n) is 2.58. The molecule has 14 heteroatoms. The molecule has 0 saturated carbocycles. The zero-order valence-corrected chi connectivity index (χ0v) is 17.3. The van der Waals surface area contributed by atoms with E-state index in [0.717, 1.165) is 5.56 Å². The molecule has 0 radical (unpaired) electrons. The molecule has 3 heterocycles. The Kier molecular flexibility index (Phi) is 5.70. The third-order valence-electron chi connectivity index (χ3n) is 4.20. The van der Waals surface area contributed by atoms with Gasteiger partial charge in [-0.25, -0.2) is 10.1 Å². The van der Waals surface area contributed by atoms with Crippen LogP contribution >= 0.6 is 11.8 Å². The molecule has 0 aliphatic rings. The fraction of sp³-hybridized carbons (Fsp3) is 0.176. The highest BCUT2D eigenvalue weighted by Crippen LogP contribution is 2.24. The number of nitrogen functional groups attached to an aromatic ring is 1. The second-order valence-corrected chi connectivity index (χ2v) is 7.23. The maximum absolute atomic E-state index is 12.8. The van der Waals surface area contributed by atoms with Crippen LogP contribution in [0.2, 0.25) is 0 Å². The van der Waals surface area contributed by atoms with E-state index in [0.29, 0.717) is 16.6 Å². The fourth-order valence-corrected chi connectivity index (χ4v) is 3.46. The Morgan fingerprint density at radius 3 is 2.74 bits per heavy atom. The number of carbonyl (C=O) groups is 1. The van der Waals surface area contributed by atoms with Crippen LogP contribution in [0.25, 0.3) is 5.82 Å². The molecule has 0 fully saturated rings. The Labute approximate surface area is 179 Å². The Morgan fingerprint density at radius 2 is 2.06 bits per heavy atom. The van der Waals surface area contributed by atoms with Crippen LogP contribution in [0.3, 0.4) is 0 Å². The van der Waals surface area contributed by atoms with Crippen LogP contribution in [0, 0.1) is 0 Å². The van der Waals surface area contributed by atoms with Gasteiger partial charge in [0.1, 0.15) is 6.33 Å². The summed E-state index contributed by atoms with van der Waals surface area (Å²) in [4.78, 5) is 12.8. The van der Waals surface area contributed by atoms with E-state index < -0.39 is 5.91 Å². The number of rotatable bonds is 7. The molecule has 3 aromatic heterocycles. The average molecular weight is 439 g/mol. The van der Waals surface area contributed by atoms with Crippen molar-refractivity contribution >= 4 is 29.2 Å². The number of carbonyl (C=O) groups excluding carboxylic acids is 1. The molecule has 13 nitrogen and oxygen atoms in total. The number of hydrogen-bond donors (Lipinski definition) is 2. The van der Waals surface area contributed by atoms with Gasteiger partial charge in [-0.2, -0.15) is 9.78 Å². The first-order valence-electron chi connectivity index (χ1n) is 8.94. The monoisotopic (exact) mass is 439 g/mol. The molecular weight excluding hydrogens is 422 g/mol. The predicted molar refractivity (Wildman–Crippen MR) is 110 cm³/mol. The number of thioether (sulfide) groups is 1. The molecule has 158 valence electrons. The van der Waals surface area contributed by atoms with E-state index >= 15 is 0 Å². The van der Waals surface area contributed by atoms with Gasteiger partial charge in [0.05, 0.1) is 11.4 Å². The number of aryl methyl sites for hydroxylation is 1. The van der Waals surface area contributed by atoms with Gasteiger partial charge in [0.2, 0.25) is 11.6 Å². The lowest BCUT2D eigenvalue weighted by atomic mass is 10.1. The minimum atomic E-state index is -0.537. The van der Waals surface area contributed by atoms with Gasteiger partial charge in [-0.1, -0.05) is 47.3 Å². The summed E-state index contributed by atoms with van der Waals surface area (Å²) in [6.45, 7) is 1.79. The molecular formula is C17H17N11O2S. The van der Waals surface area contributed by atoms with Gasteiger partial charge in [-0.05, 0) is 22.8 Å².